The molecule has 3 N–H and O–H groups in total. The lowest BCUT2D eigenvalue weighted by Gasteiger charge is -2.48. The van der Waals surface area contributed by atoms with Gasteiger partial charge in [-0.3, -0.25) is 9.78 Å². The van der Waals surface area contributed by atoms with E-state index < -0.39 is 22.7 Å². The van der Waals surface area contributed by atoms with Crippen LogP contribution in [0.1, 0.15) is 37.1 Å². The monoisotopic (exact) mass is 382 g/mol. The van der Waals surface area contributed by atoms with Gasteiger partial charge in [-0.05, 0) is 25.8 Å². The highest BCUT2D eigenvalue weighted by molar-refractivity contribution is 6.39. The minimum Gasteiger partial charge on any atom is -0.405 e. The number of aliphatic hydroxyl groups excluding tert-OH is 1. The van der Waals surface area contributed by atoms with Gasteiger partial charge in [-0.2, -0.15) is 5.26 Å². The molecule has 0 bridgehead atoms. The van der Waals surface area contributed by atoms with Crippen molar-refractivity contribution in [1.82, 2.24) is 9.97 Å². The molecule has 0 amide bonds. The van der Waals surface area contributed by atoms with Crippen molar-refractivity contribution in [3.63, 3.8) is 0 Å². The quantitative estimate of drug-likeness (QED) is 0.565. The minimum atomic E-state index is -1.02. The predicted molar refractivity (Wildman–Crippen MR) is 111 cm³/mol. The fourth-order valence-corrected chi connectivity index (χ4v) is 4.01. The van der Waals surface area contributed by atoms with Crippen LogP contribution in [0.4, 0.5) is 5.69 Å². The number of hydrogen-bond acceptors (Lipinski definition) is 7. The Labute approximate surface area is 165 Å². The second kappa shape index (κ2) is 7.24. The number of piperidine rings is 1. The smallest absolute Gasteiger partial charge is 0.268 e. The van der Waals surface area contributed by atoms with E-state index >= 15 is 0 Å². The van der Waals surface area contributed by atoms with E-state index in [0.29, 0.717) is 48.2 Å². The summed E-state index contributed by atoms with van der Waals surface area (Å²) >= 11 is 0. The molecule has 146 valence electrons. The van der Waals surface area contributed by atoms with E-state index in [1.54, 1.807) is 35.8 Å². The molecule has 1 fully saturated rings. The number of anilines is 1. The SMILES string of the molecule is BC(B)(O)C1(OC)CCN(c2c(C#N)c(=O)[nH]c3cnc(C(C)O)cc23)CC1. The van der Waals surface area contributed by atoms with E-state index in [2.05, 4.69) is 9.97 Å². The molecule has 1 atom stereocenters. The number of rotatable bonds is 4. The molecule has 3 heterocycles. The molecule has 28 heavy (non-hydrogen) atoms. The van der Waals surface area contributed by atoms with Crippen LogP contribution in [0.2, 0.25) is 0 Å². The van der Waals surface area contributed by atoms with E-state index in [9.17, 15) is 20.3 Å². The van der Waals surface area contributed by atoms with Gasteiger partial charge in [0.2, 0.25) is 0 Å². The van der Waals surface area contributed by atoms with Crippen LogP contribution in [0.5, 0.6) is 0 Å². The summed E-state index contributed by atoms with van der Waals surface area (Å²) in [4.78, 5) is 21.3. The number of methoxy groups -OCH3 is 1. The number of aromatic amines is 1. The number of hydrogen-bond donors (Lipinski definition) is 3. The predicted octanol–water partition coefficient (Wildman–Crippen LogP) is -1.25. The number of ether oxygens (including phenoxy) is 1. The van der Waals surface area contributed by atoms with Gasteiger partial charge in [0.1, 0.15) is 27.3 Å². The standard InChI is InChI=1S/C18H24B2N4O4/c1-10(25)13-7-11-14(9-22-13)23-16(26)12(8-21)15(11)24-5-3-17(28-2,4-6-24)18(19,20)27/h7,9-10,25,27H,3-6,19-20H2,1-2H3,(H,23,26). The van der Waals surface area contributed by atoms with Crippen molar-refractivity contribution in [2.24, 2.45) is 0 Å². The van der Waals surface area contributed by atoms with Crippen LogP contribution in [0.25, 0.3) is 10.9 Å². The first-order chi connectivity index (χ1) is 13.1. The van der Waals surface area contributed by atoms with Crippen LogP contribution in [-0.4, -0.2) is 67.1 Å². The zero-order chi connectivity index (χ0) is 20.7. The number of aliphatic hydroxyl groups is 2. The molecule has 2 aromatic heterocycles. The summed E-state index contributed by atoms with van der Waals surface area (Å²) in [6.07, 6.45) is 1.82. The average molecular weight is 382 g/mol. The average Bonchev–Trinajstić information content (AvgIpc) is 2.65. The number of pyridine rings is 2. The number of aromatic nitrogens is 2. The molecule has 0 spiro atoms. The van der Waals surface area contributed by atoms with Crippen LogP contribution in [-0.2, 0) is 4.74 Å². The first-order valence-corrected chi connectivity index (χ1v) is 9.30. The summed E-state index contributed by atoms with van der Waals surface area (Å²) in [5.74, 6) is 0. The zero-order valence-electron chi connectivity index (χ0n) is 16.6. The van der Waals surface area contributed by atoms with E-state index in [0.717, 1.165) is 0 Å². The summed E-state index contributed by atoms with van der Waals surface area (Å²) in [6.45, 7) is 2.64. The summed E-state index contributed by atoms with van der Waals surface area (Å²) in [6, 6.07) is 3.73. The van der Waals surface area contributed by atoms with Crippen LogP contribution in [0.15, 0.2) is 17.1 Å². The molecule has 2 aromatic rings. The van der Waals surface area contributed by atoms with E-state index in [-0.39, 0.29) is 5.56 Å². The number of nitrogens with one attached hydrogen (secondary N) is 1. The second-order valence-electron chi connectivity index (χ2n) is 7.86. The highest BCUT2D eigenvalue weighted by Crippen LogP contribution is 2.37. The van der Waals surface area contributed by atoms with Crippen LogP contribution >= 0.6 is 0 Å². The number of H-pyrrole nitrogens is 1. The maximum atomic E-state index is 12.4. The lowest BCUT2D eigenvalue weighted by atomic mass is 9.53. The van der Waals surface area contributed by atoms with Gasteiger partial charge >= 0.3 is 0 Å². The van der Waals surface area contributed by atoms with Crippen molar-refractivity contribution in [2.45, 2.75) is 36.9 Å². The van der Waals surface area contributed by atoms with Gasteiger partial charge in [0, 0.05) is 31.0 Å². The van der Waals surface area contributed by atoms with Crippen molar-refractivity contribution >= 4 is 32.3 Å². The fraction of sp³-hybridized carbons (Fsp3) is 0.500. The third-order valence-corrected chi connectivity index (χ3v) is 5.83. The maximum absolute atomic E-state index is 12.4. The van der Waals surface area contributed by atoms with Gasteiger partial charge in [0.05, 0.1) is 34.8 Å². The van der Waals surface area contributed by atoms with Crippen molar-refractivity contribution in [2.75, 3.05) is 25.1 Å². The molecule has 1 saturated heterocycles. The normalized spacial score (nSPS) is 18.0. The number of nitriles is 1. The topological polar surface area (TPSA) is 122 Å². The van der Waals surface area contributed by atoms with Crippen molar-refractivity contribution in [3.05, 3.63) is 33.9 Å². The molecule has 0 radical (unpaired) electrons. The summed E-state index contributed by atoms with van der Waals surface area (Å²) in [7, 11) is 5.06. The zero-order valence-corrected chi connectivity index (χ0v) is 16.6. The van der Waals surface area contributed by atoms with Gasteiger partial charge in [-0.1, -0.05) is 0 Å². The molecule has 8 nitrogen and oxygen atoms in total. The Bertz CT molecular complexity index is 986. The van der Waals surface area contributed by atoms with Crippen LogP contribution < -0.4 is 10.5 Å². The fourth-order valence-electron chi connectivity index (χ4n) is 4.01. The molecule has 10 heteroatoms. The first-order valence-electron chi connectivity index (χ1n) is 9.30. The molecule has 3 rings (SSSR count). The second-order valence-corrected chi connectivity index (χ2v) is 7.86. The van der Waals surface area contributed by atoms with Gasteiger partial charge in [0.25, 0.3) is 5.56 Å². The van der Waals surface area contributed by atoms with E-state index in [1.165, 1.54) is 6.20 Å². The molecular formula is C18H24B2N4O4. The summed E-state index contributed by atoms with van der Waals surface area (Å²) in [5, 5.41) is 29.7. The number of nitrogens with zero attached hydrogens (tertiary/aromatic N) is 3. The molecule has 0 aliphatic carbocycles. The van der Waals surface area contributed by atoms with Crippen LogP contribution in [0.3, 0.4) is 0 Å². The Morgan fingerprint density at radius 3 is 2.61 bits per heavy atom. The third kappa shape index (κ3) is 3.30. The van der Waals surface area contributed by atoms with Crippen molar-refractivity contribution in [3.8, 4) is 6.07 Å². The highest BCUT2D eigenvalue weighted by Gasteiger charge is 2.46. The molecule has 0 aromatic carbocycles. The third-order valence-electron chi connectivity index (χ3n) is 5.83. The minimum absolute atomic E-state index is 0.0309. The molecule has 1 aliphatic rings. The van der Waals surface area contributed by atoms with Gasteiger partial charge in [-0.15, -0.1) is 0 Å². The molecule has 0 saturated carbocycles. The Balaban J connectivity index is 2.11. The Hall–Kier alpha value is -2.34. The lowest BCUT2D eigenvalue weighted by Crippen LogP contribution is -2.61. The largest absolute Gasteiger partial charge is 0.405 e. The lowest BCUT2D eigenvalue weighted by molar-refractivity contribution is -0.103. The van der Waals surface area contributed by atoms with Crippen molar-refractivity contribution < 1.29 is 14.9 Å². The highest BCUT2D eigenvalue weighted by atomic mass is 16.5. The first kappa shape index (κ1) is 20.4. The molecule has 1 aliphatic heterocycles. The van der Waals surface area contributed by atoms with E-state index in [1.807, 2.05) is 11.0 Å². The molecular weight excluding hydrogens is 358 g/mol. The summed E-state index contributed by atoms with van der Waals surface area (Å²) in [5.41, 5.74) is 0.371. The van der Waals surface area contributed by atoms with Crippen molar-refractivity contribution in [1.29, 1.82) is 5.26 Å². The summed E-state index contributed by atoms with van der Waals surface area (Å²) < 4.78 is 5.69. The Kier molecular flexibility index (Phi) is 5.28. The maximum Gasteiger partial charge on any atom is 0.268 e. The van der Waals surface area contributed by atoms with Gasteiger partial charge < -0.3 is 24.8 Å². The van der Waals surface area contributed by atoms with E-state index in [4.69, 9.17) is 4.74 Å². The number of fused-ring (bicyclic) bond motifs is 1. The molecule has 1 unspecified atom stereocenters. The Morgan fingerprint density at radius 1 is 1.46 bits per heavy atom. The Morgan fingerprint density at radius 2 is 2.11 bits per heavy atom. The van der Waals surface area contributed by atoms with Gasteiger partial charge in [0.15, 0.2) is 0 Å². The van der Waals surface area contributed by atoms with Crippen LogP contribution in [0, 0.1) is 11.3 Å². The van der Waals surface area contributed by atoms with Gasteiger partial charge in [-0.25, -0.2) is 0 Å².